The molecule has 1 heterocycles. The molecule has 0 spiro atoms. The van der Waals surface area contributed by atoms with Crippen molar-refractivity contribution in [2.24, 2.45) is 0 Å². The Labute approximate surface area is 198 Å². The van der Waals surface area contributed by atoms with Crippen molar-refractivity contribution in [3.05, 3.63) is 64.2 Å². The monoisotopic (exact) mass is 469 g/mol. The van der Waals surface area contributed by atoms with Crippen molar-refractivity contribution in [3.63, 3.8) is 0 Å². The van der Waals surface area contributed by atoms with Crippen LogP contribution in [0.15, 0.2) is 36.4 Å². The van der Waals surface area contributed by atoms with E-state index in [9.17, 15) is 30.8 Å². The summed E-state index contributed by atoms with van der Waals surface area (Å²) in [4.78, 5) is 0. The topological polar surface area (TPSA) is 143 Å². The molecule has 34 heavy (non-hydrogen) atoms. The highest BCUT2D eigenvalue weighted by Crippen LogP contribution is 2.43. The molecule has 1 aliphatic heterocycles. The SMILES string of the molecule is CC(C)Oc1cc(C#N)c(Cc2ccc(C3CC3)cc2)cc1[C@]1(O)O[C@H](CO)[C@@H](O)[C@H](O)[C@H]1O. The standard InChI is InChI=1S/C26H31NO7/c1-14(2)33-21-11-19(12-27)18(9-15-3-5-16(6-4-15)17-7-8-17)10-20(21)26(32)25(31)24(30)23(29)22(13-28)34-26/h3-6,10-11,14,17,22-25,28-32H,7-9,13H2,1-2H3/t22-,23-,24+,25-,26+/m1/s1. The number of aliphatic hydroxyl groups excluding tert-OH is 4. The van der Waals surface area contributed by atoms with Gasteiger partial charge < -0.3 is 35.0 Å². The minimum Gasteiger partial charge on any atom is -0.490 e. The molecule has 8 heteroatoms. The van der Waals surface area contributed by atoms with Crippen molar-refractivity contribution >= 4 is 0 Å². The van der Waals surface area contributed by atoms with E-state index >= 15 is 0 Å². The molecule has 0 radical (unpaired) electrons. The molecule has 1 aliphatic carbocycles. The van der Waals surface area contributed by atoms with Crippen LogP contribution in [0, 0.1) is 11.3 Å². The summed E-state index contributed by atoms with van der Waals surface area (Å²) >= 11 is 0. The van der Waals surface area contributed by atoms with Gasteiger partial charge in [-0.2, -0.15) is 5.26 Å². The number of aliphatic hydroxyl groups is 5. The first-order chi connectivity index (χ1) is 16.2. The molecule has 4 rings (SSSR count). The second kappa shape index (κ2) is 9.62. The normalized spacial score (nSPS) is 29.1. The minimum atomic E-state index is -2.49. The Morgan fingerprint density at radius 3 is 2.35 bits per heavy atom. The van der Waals surface area contributed by atoms with Crippen LogP contribution in [0.25, 0.3) is 0 Å². The number of benzene rings is 2. The predicted molar refractivity (Wildman–Crippen MR) is 122 cm³/mol. The predicted octanol–water partition coefficient (Wildman–Crippen LogP) is 1.43. The number of nitrogens with zero attached hydrogens (tertiary/aromatic N) is 1. The van der Waals surface area contributed by atoms with E-state index in [4.69, 9.17) is 9.47 Å². The molecule has 2 aromatic carbocycles. The van der Waals surface area contributed by atoms with E-state index < -0.39 is 36.8 Å². The van der Waals surface area contributed by atoms with Gasteiger partial charge in [-0.1, -0.05) is 24.3 Å². The van der Waals surface area contributed by atoms with E-state index in [0.29, 0.717) is 23.5 Å². The highest BCUT2D eigenvalue weighted by molar-refractivity contribution is 5.52. The molecular formula is C26H31NO7. The molecule has 1 saturated carbocycles. The third-order valence-corrected chi connectivity index (χ3v) is 6.46. The first-order valence-electron chi connectivity index (χ1n) is 11.6. The first kappa shape index (κ1) is 24.6. The number of hydrogen-bond acceptors (Lipinski definition) is 8. The molecule has 0 amide bonds. The van der Waals surface area contributed by atoms with Gasteiger partial charge in [-0.3, -0.25) is 0 Å². The van der Waals surface area contributed by atoms with Gasteiger partial charge in [0.2, 0.25) is 5.79 Å². The molecule has 1 saturated heterocycles. The van der Waals surface area contributed by atoms with Crippen LogP contribution in [0.2, 0.25) is 0 Å². The number of hydrogen-bond donors (Lipinski definition) is 5. The van der Waals surface area contributed by atoms with Crippen LogP contribution in [0.3, 0.4) is 0 Å². The summed E-state index contributed by atoms with van der Waals surface area (Å²) in [6.07, 6.45) is -4.20. The quantitative estimate of drug-likeness (QED) is 0.410. The fourth-order valence-corrected chi connectivity index (χ4v) is 4.43. The Bertz CT molecular complexity index is 1060. The van der Waals surface area contributed by atoms with Crippen LogP contribution < -0.4 is 4.74 Å². The van der Waals surface area contributed by atoms with Crippen LogP contribution >= 0.6 is 0 Å². The highest BCUT2D eigenvalue weighted by Gasteiger charge is 2.55. The van der Waals surface area contributed by atoms with Crippen molar-refractivity contribution in [1.82, 2.24) is 0 Å². The van der Waals surface area contributed by atoms with Gasteiger partial charge in [0.05, 0.1) is 29.9 Å². The van der Waals surface area contributed by atoms with Crippen molar-refractivity contribution in [1.29, 1.82) is 5.26 Å². The Morgan fingerprint density at radius 1 is 1.12 bits per heavy atom. The van der Waals surface area contributed by atoms with Gasteiger partial charge in [-0.15, -0.1) is 0 Å². The molecule has 0 aromatic heterocycles. The zero-order chi connectivity index (χ0) is 24.6. The largest absolute Gasteiger partial charge is 0.490 e. The Morgan fingerprint density at radius 2 is 1.79 bits per heavy atom. The van der Waals surface area contributed by atoms with E-state index in [-0.39, 0.29) is 17.4 Å². The average molecular weight is 470 g/mol. The Balaban J connectivity index is 1.77. The number of rotatable bonds is 7. The van der Waals surface area contributed by atoms with Gasteiger partial charge in [0.1, 0.15) is 30.2 Å². The lowest BCUT2D eigenvalue weighted by molar-refractivity contribution is -0.358. The van der Waals surface area contributed by atoms with Crippen molar-refractivity contribution in [2.45, 2.75) is 75.3 Å². The smallest absolute Gasteiger partial charge is 0.226 e. The summed E-state index contributed by atoms with van der Waals surface area (Å²) < 4.78 is 11.4. The van der Waals surface area contributed by atoms with Crippen molar-refractivity contribution < 1.29 is 35.0 Å². The molecule has 5 N–H and O–H groups in total. The van der Waals surface area contributed by atoms with Crippen molar-refractivity contribution in [3.8, 4) is 11.8 Å². The lowest BCUT2D eigenvalue weighted by atomic mass is 9.85. The minimum absolute atomic E-state index is 0.00157. The summed E-state index contributed by atoms with van der Waals surface area (Å²) in [5.74, 6) is -1.76. The maximum absolute atomic E-state index is 11.4. The third-order valence-electron chi connectivity index (χ3n) is 6.46. The van der Waals surface area contributed by atoms with Gasteiger partial charge in [-0.25, -0.2) is 0 Å². The van der Waals surface area contributed by atoms with Gasteiger partial charge in [-0.05, 0) is 67.9 Å². The van der Waals surface area contributed by atoms with Crippen LogP contribution in [0.4, 0.5) is 0 Å². The van der Waals surface area contributed by atoms with Gasteiger partial charge in [0.25, 0.3) is 0 Å². The lowest BCUT2D eigenvalue weighted by Gasteiger charge is -2.46. The van der Waals surface area contributed by atoms with E-state index in [2.05, 4.69) is 18.2 Å². The zero-order valence-electron chi connectivity index (χ0n) is 19.3. The fraction of sp³-hybridized carbons (Fsp3) is 0.500. The van der Waals surface area contributed by atoms with Crippen LogP contribution in [0.1, 0.15) is 60.4 Å². The van der Waals surface area contributed by atoms with Gasteiger partial charge >= 0.3 is 0 Å². The maximum atomic E-state index is 11.4. The summed E-state index contributed by atoms with van der Waals surface area (Å²) in [5.41, 5.74) is 3.16. The highest BCUT2D eigenvalue weighted by atomic mass is 16.7. The molecule has 2 fully saturated rings. The molecule has 8 nitrogen and oxygen atoms in total. The van der Waals surface area contributed by atoms with Crippen LogP contribution in [-0.4, -0.2) is 62.7 Å². The Kier molecular flexibility index (Phi) is 6.97. The molecule has 5 atom stereocenters. The van der Waals surface area contributed by atoms with Crippen molar-refractivity contribution in [2.75, 3.05) is 6.61 Å². The summed E-state index contributed by atoms with van der Waals surface area (Å²) in [7, 11) is 0. The average Bonchev–Trinajstić information content (AvgIpc) is 3.66. The first-order valence-corrected chi connectivity index (χ1v) is 11.6. The Hall–Kier alpha value is -2.51. The molecule has 0 unspecified atom stereocenters. The summed E-state index contributed by atoms with van der Waals surface area (Å²) in [5, 5.41) is 62.0. The third kappa shape index (κ3) is 4.68. The molecule has 0 bridgehead atoms. The second-order valence-corrected chi connectivity index (χ2v) is 9.44. The number of ether oxygens (including phenoxy) is 2. The number of nitriles is 1. The van der Waals surface area contributed by atoms with E-state index in [1.807, 2.05) is 12.1 Å². The molecule has 182 valence electrons. The molecule has 2 aromatic rings. The maximum Gasteiger partial charge on any atom is 0.226 e. The zero-order valence-corrected chi connectivity index (χ0v) is 19.3. The molecular weight excluding hydrogens is 438 g/mol. The molecule has 2 aliphatic rings. The summed E-state index contributed by atoms with van der Waals surface area (Å²) in [6, 6.07) is 13.3. The van der Waals surface area contributed by atoms with E-state index in [1.54, 1.807) is 13.8 Å². The van der Waals surface area contributed by atoms with Gasteiger partial charge in [0, 0.05) is 0 Å². The van der Waals surface area contributed by atoms with Crippen LogP contribution in [0.5, 0.6) is 5.75 Å². The lowest BCUT2D eigenvalue weighted by Crippen LogP contribution is -2.63. The fourth-order valence-electron chi connectivity index (χ4n) is 4.43. The second-order valence-electron chi connectivity index (χ2n) is 9.44. The van der Waals surface area contributed by atoms with Gasteiger partial charge in [0.15, 0.2) is 0 Å². The van der Waals surface area contributed by atoms with E-state index in [0.717, 1.165) is 5.56 Å². The van der Waals surface area contributed by atoms with Crippen LogP contribution in [-0.2, 0) is 16.9 Å². The van der Waals surface area contributed by atoms with E-state index in [1.165, 1.54) is 30.5 Å². The summed E-state index contributed by atoms with van der Waals surface area (Å²) in [6.45, 7) is 2.84.